The first-order chi connectivity index (χ1) is 12.9. The highest BCUT2D eigenvalue weighted by atomic mass is 35.5. The first kappa shape index (κ1) is 18.8. The summed E-state index contributed by atoms with van der Waals surface area (Å²) in [5.41, 5.74) is 9.23. The molecule has 0 radical (unpaired) electrons. The molecule has 0 spiro atoms. The van der Waals surface area contributed by atoms with Gasteiger partial charge in [0.05, 0.1) is 16.9 Å². The summed E-state index contributed by atoms with van der Waals surface area (Å²) in [5.74, 6) is -0.487. The van der Waals surface area contributed by atoms with Crippen LogP contribution in [-0.4, -0.2) is 37.4 Å². The molecular formula is C15H14Cl2N8O2. The van der Waals surface area contributed by atoms with Gasteiger partial charge < -0.3 is 5.73 Å². The molecule has 3 rings (SSSR count). The van der Waals surface area contributed by atoms with E-state index in [2.05, 4.69) is 35.8 Å². The topological polar surface area (TPSA) is 137 Å². The molecule has 0 bridgehead atoms. The van der Waals surface area contributed by atoms with Crippen molar-refractivity contribution in [2.24, 2.45) is 5.10 Å². The van der Waals surface area contributed by atoms with Crippen molar-refractivity contribution in [2.75, 3.05) is 5.73 Å². The van der Waals surface area contributed by atoms with Crippen LogP contribution in [-0.2, 0) is 0 Å². The Morgan fingerprint density at radius 3 is 2.78 bits per heavy atom. The zero-order valence-corrected chi connectivity index (χ0v) is 15.7. The summed E-state index contributed by atoms with van der Waals surface area (Å²) in [6.07, 6.45) is 1.40. The number of aromatic nitrogens is 5. The summed E-state index contributed by atoms with van der Waals surface area (Å²) >= 11 is 11.9. The van der Waals surface area contributed by atoms with Gasteiger partial charge in [0.2, 0.25) is 11.6 Å². The molecule has 0 atom stereocenters. The Balaban J connectivity index is 1.84. The molecule has 3 N–H and O–H groups in total. The highest BCUT2D eigenvalue weighted by Crippen LogP contribution is 2.23. The number of nitrogens with two attached hydrogens (primary N) is 1. The number of anilines is 1. The number of benzene rings is 1. The second-order valence-corrected chi connectivity index (χ2v) is 6.57. The van der Waals surface area contributed by atoms with E-state index in [0.717, 1.165) is 0 Å². The molecule has 27 heavy (non-hydrogen) atoms. The minimum Gasteiger partial charge on any atom is -0.378 e. The first-order valence-electron chi connectivity index (χ1n) is 7.71. The number of hydrogen-bond donors (Lipinski definition) is 2. The molecule has 0 saturated carbocycles. The Morgan fingerprint density at radius 1 is 1.37 bits per heavy atom. The number of nitrogens with zero attached hydrogens (tertiary/aromatic N) is 6. The van der Waals surface area contributed by atoms with Crippen molar-refractivity contribution >= 4 is 41.1 Å². The lowest BCUT2D eigenvalue weighted by molar-refractivity contribution is 0.0948. The van der Waals surface area contributed by atoms with Gasteiger partial charge in [0.15, 0.2) is 5.69 Å². The van der Waals surface area contributed by atoms with Crippen molar-refractivity contribution in [3.8, 4) is 5.82 Å². The zero-order chi connectivity index (χ0) is 19.6. The Kier molecular flexibility index (Phi) is 5.38. The van der Waals surface area contributed by atoms with E-state index in [4.69, 9.17) is 28.9 Å². The van der Waals surface area contributed by atoms with Gasteiger partial charge in [-0.3, -0.25) is 4.79 Å². The van der Waals surface area contributed by atoms with Crippen LogP contribution in [0.1, 0.15) is 41.5 Å². The highest BCUT2D eigenvalue weighted by Gasteiger charge is 2.25. The van der Waals surface area contributed by atoms with Crippen LogP contribution in [0.2, 0.25) is 10.0 Å². The number of hydrazone groups is 1. The van der Waals surface area contributed by atoms with Crippen LogP contribution in [0.3, 0.4) is 0 Å². The fourth-order valence-corrected chi connectivity index (χ4v) is 2.74. The van der Waals surface area contributed by atoms with E-state index in [9.17, 15) is 4.79 Å². The number of nitrogens with one attached hydrogen (secondary N) is 1. The Bertz CT molecular complexity index is 1010. The summed E-state index contributed by atoms with van der Waals surface area (Å²) in [5, 5.41) is 19.8. The third-order valence-corrected chi connectivity index (χ3v) is 4.06. The fourth-order valence-electron chi connectivity index (χ4n) is 2.28. The second kappa shape index (κ2) is 7.72. The van der Waals surface area contributed by atoms with Crippen molar-refractivity contribution < 1.29 is 9.42 Å². The van der Waals surface area contributed by atoms with E-state index in [1.807, 2.05) is 13.8 Å². The third kappa shape index (κ3) is 3.91. The molecule has 3 aromatic rings. The zero-order valence-electron chi connectivity index (χ0n) is 14.2. The summed E-state index contributed by atoms with van der Waals surface area (Å²) in [4.78, 5) is 12.5. The number of rotatable bonds is 5. The van der Waals surface area contributed by atoms with Gasteiger partial charge in [-0.25, -0.2) is 10.1 Å². The van der Waals surface area contributed by atoms with E-state index in [-0.39, 0.29) is 23.2 Å². The van der Waals surface area contributed by atoms with Gasteiger partial charge in [-0.1, -0.05) is 48.3 Å². The predicted molar refractivity (Wildman–Crippen MR) is 99.2 cm³/mol. The van der Waals surface area contributed by atoms with Crippen LogP contribution in [0.25, 0.3) is 5.82 Å². The van der Waals surface area contributed by atoms with Crippen LogP contribution in [0, 0.1) is 0 Å². The molecule has 0 aliphatic heterocycles. The van der Waals surface area contributed by atoms with Crippen molar-refractivity contribution in [1.82, 2.24) is 30.7 Å². The molecule has 10 nitrogen and oxygen atoms in total. The van der Waals surface area contributed by atoms with E-state index >= 15 is 0 Å². The number of halogens is 2. The summed E-state index contributed by atoms with van der Waals surface area (Å²) in [7, 11) is 0. The molecule has 1 aromatic carbocycles. The largest absolute Gasteiger partial charge is 0.378 e. The summed E-state index contributed by atoms with van der Waals surface area (Å²) in [6.45, 7) is 3.73. The molecule has 2 heterocycles. The first-order valence-corrected chi connectivity index (χ1v) is 8.46. The number of carbonyl (C=O) groups excluding carboxylic acids is 1. The molecule has 0 aliphatic carbocycles. The lowest BCUT2D eigenvalue weighted by atomic mass is 10.1. The minimum atomic E-state index is -0.554. The molecule has 1 amide bonds. The maximum atomic E-state index is 12.5. The van der Waals surface area contributed by atoms with Gasteiger partial charge in [0.1, 0.15) is 0 Å². The number of amides is 1. The van der Waals surface area contributed by atoms with E-state index in [0.29, 0.717) is 21.3 Å². The minimum absolute atomic E-state index is 0.0316. The fraction of sp³-hybridized carbons (Fsp3) is 0.200. The second-order valence-electron chi connectivity index (χ2n) is 5.73. The van der Waals surface area contributed by atoms with Crippen molar-refractivity contribution in [3.63, 3.8) is 0 Å². The maximum Gasteiger partial charge on any atom is 0.293 e. The third-order valence-electron chi connectivity index (χ3n) is 3.50. The summed E-state index contributed by atoms with van der Waals surface area (Å²) < 4.78 is 5.89. The maximum absolute atomic E-state index is 12.5. The standard InChI is InChI=1S/C15H14Cl2N8O2/c1-7(2)12-11(20-24-25(12)14-13(18)22-27-23-14)15(26)21-19-6-8-3-4-9(16)5-10(8)17/h3-7H,1-2H3,(H2,18,22)(H,21,26)/b19-6+. The molecular weight excluding hydrogens is 395 g/mol. The number of carbonyl (C=O) groups is 1. The van der Waals surface area contributed by atoms with E-state index < -0.39 is 5.91 Å². The molecule has 0 fully saturated rings. The normalized spacial score (nSPS) is 11.4. The van der Waals surface area contributed by atoms with Crippen LogP contribution in [0.15, 0.2) is 27.9 Å². The number of nitrogen functional groups attached to an aromatic ring is 1. The van der Waals surface area contributed by atoms with Gasteiger partial charge >= 0.3 is 0 Å². The molecule has 0 unspecified atom stereocenters. The van der Waals surface area contributed by atoms with Gasteiger partial charge in [-0.15, -0.1) is 5.10 Å². The lowest BCUT2D eigenvalue weighted by Gasteiger charge is -2.08. The van der Waals surface area contributed by atoms with Crippen LogP contribution in [0.5, 0.6) is 0 Å². The van der Waals surface area contributed by atoms with Crippen molar-refractivity contribution in [1.29, 1.82) is 0 Å². The van der Waals surface area contributed by atoms with Gasteiger partial charge in [0, 0.05) is 10.6 Å². The van der Waals surface area contributed by atoms with Crippen LogP contribution in [0.4, 0.5) is 5.82 Å². The van der Waals surface area contributed by atoms with Crippen LogP contribution < -0.4 is 11.2 Å². The van der Waals surface area contributed by atoms with E-state index in [1.54, 1.807) is 18.2 Å². The van der Waals surface area contributed by atoms with Gasteiger partial charge in [-0.05, 0) is 28.4 Å². The number of hydrogen-bond acceptors (Lipinski definition) is 8. The Labute approximate surface area is 163 Å². The van der Waals surface area contributed by atoms with Crippen molar-refractivity contribution in [2.45, 2.75) is 19.8 Å². The smallest absolute Gasteiger partial charge is 0.293 e. The highest BCUT2D eigenvalue weighted by molar-refractivity contribution is 6.36. The van der Waals surface area contributed by atoms with Crippen molar-refractivity contribution in [3.05, 3.63) is 45.2 Å². The van der Waals surface area contributed by atoms with Gasteiger partial charge in [-0.2, -0.15) is 9.78 Å². The molecule has 140 valence electrons. The summed E-state index contributed by atoms with van der Waals surface area (Å²) in [6, 6.07) is 4.91. The molecule has 12 heteroatoms. The molecule has 0 aliphatic rings. The molecule has 2 aromatic heterocycles. The molecule has 0 saturated heterocycles. The monoisotopic (exact) mass is 408 g/mol. The average molecular weight is 409 g/mol. The van der Waals surface area contributed by atoms with Crippen LogP contribution >= 0.6 is 23.2 Å². The average Bonchev–Trinajstić information content (AvgIpc) is 3.22. The Hall–Kier alpha value is -2.98. The SMILES string of the molecule is CC(C)c1c(C(=O)N/N=C/c2ccc(Cl)cc2Cl)nnn1-c1nonc1N. The van der Waals surface area contributed by atoms with E-state index in [1.165, 1.54) is 10.9 Å². The predicted octanol–water partition coefficient (Wildman–Crippen LogP) is 2.43. The van der Waals surface area contributed by atoms with Gasteiger partial charge in [0.25, 0.3) is 5.91 Å². The Morgan fingerprint density at radius 2 is 2.15 bits per heavy atom. The lowest BCUT2D eigenvalue weighted by Crippen LogP contribution is -2.21. The quantitative estimate of drug-likeness (QED) is 0.488.